The lowest BCUT2D eigenvalue weighted by molar-refractivity contribution is 0.601. The molecule has 0 aliphatic heterocycles. The second-order valence-corrected chi connectivity index (χ2v) is 8.44. The molecule has 0 saturated heterocycles. The van der Waals surface area contributed by atoms with Crippen LogP contribution in [0.2, 0.25) is 0 Å². The van der Waals surface area contributed by atoms with Crippen LogP contribution in [0.5, 0.6) is 0 Å². The van der Waals surface area contributed by atoms with Gasteiger partial charge >= 0.3 is 0 Å². The number of benzene rings is 1. The van der Waals surface area contributed by atoms with E-state index in [1.807, 2.05) is 18.2 Å². The van der Waals surface area contributed by atoms with Gasteiger partial charge in [0.2, 0.25) is 0 Å². The topological polar surface area (TPSA) is 4.93 Å². The Balaban J connectivity index is 2.66. The van der Waals surface area contributed by atoms with Crippen molar-refractivity contribution in [3.8, 4) is 5.69 Å². The van der Waals surface area contributed by atoms with Crippen molar-refractivity contribution in [3.05, 3.63) is 42.2 Å². The first-order valence-corrected chi connectivity index (χ1v) is 8.29. The number of thiazole rings is 1. The molecule has 1 heterocycles. The van der Waals surface area contributed by atoms with Gasteiger partial charge in [-0.1, -0.05) is 26.8 Å². The van der Waals surface area contributed by atoms with Crippen molar-refractivity contribution >= 4 is 55.4 Å². The van der Waals surface area contributed by atoms with E-state index in [9.17, 15) is 0 Å². The highest BCUT2D eigenvalue weighted by molar-refractivity contribution is 9.11. The molecule has 2 aromatic rings. The SMILES string of the molecule is CC(C)(C)c1cn(-c2c(Br)cccc2Br)c(=S)s1. The van der Waals surface area contributed by atoms with Crippen molar-refractivity contribution < 1.29 is 0 Å². The van der Waals surface area contributed by atoms with Crippen molar-refractivity contribution in [2.75, 3.05) is 0 Å². The van der Waals surface area contributed by atoms with Gasteiger partial charge in [-0.25, -0.2) is 0 Å². The molecule has 0 saturated carbocycles. The summed E-state index contributed by atoms with van der Waals surface area (Å²) in [6.07, 6.45) is 2.14. The molecule has 0 bridgehead atoms. The van der Waals surface area contributed by atoms with Crippen LogP contribution in [-0.4, -0.2) is 4.57 Å². The molecule has 0 atom stereocenters. The minimum absolute atomic E-state index is 0.122. The molecule has 0 aliphatic carbocycles. The molecule has 0 aliphatic rings. The van der Waals surface area contributed by atoms with Gasteiger partial charge in [0.25, 0.3) is 0 Å². The van der Waals surface area contributed by atoms with E-state index in [-0.39, 0.29) is 5.41 Å². The van der Waals surface area contributed by atoms with E-state index in [0.717, 1.165) is 18.6 Å². The Hall–Kier alpha value is 0.0300. The predicted molar refractivity (Wildman–Crippen MR) is 88.6 cm³/mol. The van der Waals surface area contributed by atoms with Gasteiger partial charge < -0.3 is 0 Å². The highest BCUT2D eigenvalue weighted by Crippen LogP contribution is 2.34. The zero-order chi connectivity index (χ0) is 13.5. The molecule has 0 radical (unpaired) electrons. The van der Waals surface area contributed by atoms with Crippen LogP contribution in [-0.2, 0) is 5.41 Å². The Bertz CT molecular complexity index is 615. The molecule has 5 heteroatoms. The zero-order valence-electron chi connectivity index (χ0n) is 10.3. The van der Waals surface area contributed by atoms with Crippen molar-refractivity contribution in [1.82, 2.24) is 4.57 Å². The maximum absolute atomic E-state index is 5.48. The van der Waals surface area contributed by atoms with Crippen LogP contribution in [0, 0.1) is 3.95 Å². The monoisotopic (exact) mass is 405 g/mol. The molecule has 1 aromatic carbocycles. The number of aromatic nitrogens is 1. The second-order valence-electron chi connectivity index (χ2n) is 5.05. The van der Waals surface area contributed by atoms with Crippen LogP contribution >= 0.6 is 55.4 Å². The molecule has 0 spiro atoms. The Kier molecular flexibility index (Phi) is 4.17. The molecule has 0 unspecified atom stereocenters. The molecule has 96 valence electrons. The summed E-state index contributed by atoms with van der Waals surface area (Å²) in [6.45, 7) is 6.60. The summed E-state index contributed by atoms with van der Waals surface area (Å²) in [5.74, 6) is 0. The molecule has 1 aromatic heterocycles. The average molecular weight is 407 g/mol. The molecule has 0 amide bonds. The van der Waals surface area contributed by atoms with E-state index < -0.39 is 0 Å². The number of hydrogen-bond donors (Lipinski definition) is 0. The normalized spacial score (nSPS) is 11.8. The van der Waals surface area contributed by atoms with Crippen molar-refractivity contribution in [2.45, 2.75) is 26.2 Å². The van der Waals surface area contributed by atoms with Gasteiger partial charge in [-0.05, 0) is 61.6 Å². The number of hydrogen-bond acceptors (Lipinski definition) is 2. The van der Waals surface area contributed by atoms with Crippen molar-refractivity contribution in [2.24, 2.45) is 0 Å². The van der Waals surface area contributed by atoms with Gasteiger partial charge in [0.15, 0.2) is 3.95 Å². The Morgan fingerprint density at radius 1 is 1.17 bits per heavy atom. The van der Waals surface area contributed by atoms with Gasteiger partial charge in [0, 0.05) is 20.0 Å². The molecular formula is C13H13Br2NS2. The Labute approximate surface area is 133 Å². The third-order valence-electron chi connectivity index (χ3n) is 2.56. The molecule has 0 N–H and O–H groups in total. The van der Waals surface area contributed by atoms with Gasteiger partial charge in [0.05, 0.1) is 5.69 Å². The molecule has 0 fully saturated rings. The van der Waals surface area contributed by atoms with Crippen LogP contribution < -0.4 is 0 Å². The van der Waals surface area contributed by atoms with E-state index in [2.05, 4.69) is 63.4 Å². The average Bonchev–Trinajstić information content (AvgIpc) is 2.60. The van der Waals surface area contributed by atoms with Gasteiger partial charge in [-0.3, -0.25) is 4.57 Å². The standard InChI is InChI=1S/C13H13Br2NS2/c1-13(2,3)10-7-16(12(17)18-10)11-8(14)5-4-6-9(11)15/h4-7H,1-3H3. The van der Waals surface area contributed by atoms with E-state index in [0.29, 0.717) is 0 Å². The fourth-order valence-corrected chi connectivity index (χ4v) is 4.25. The van der Waals surface area contributed by atoms with E-state index in [1.54, 1.807) is 11.3 Å². The maximum atomic E-state index is 5.48. The summed E-state index contributed by atoms with van der Waals surface area (Å²) in [5, 5.41) is 0. The second kappa shape index (κ2) is 5.19. The summed E-state index contributed by atoms with van der Waals surface area (Å²) in [5.41, 5.74) is 1.19. The Morgan fingerprint density at radius 2 is 1.72 bits per heavy atom. The van der Waals surface area contributed by atoms with Crippen LogP contribution in [0.1, 0.15) is 25.6 Å². The van der Waals surface area contributed by atoms with Crippen LogP contribution in [0.15, 0.2) is 33.3 Å². The van der Waals surface area contributed by atoms with E-state index in [4.69, 9.17) is 12.2 Å². The van der Waals surface area contributed by atoms with Crippen molar-refractivity contribution in [3.63, 3.8) is 0 Å². The first-order valence-electron chi connectivity index (χ1n) is 5.48. The third kappa shape index (κ3) is 2.79. The van der Waals surface area contributed by atoms with Gasteiger partial charge in [-0.15, -0.1) is 11.3 Å². The lowest BCUT2D eigenvalue weighted by Gasteiger charge is -2.15. The van der Waals surface area contributed by atoms with Crippen LogP contribution in [0.3, 0.4) is 0 Å². The summed E-state index contributed by atoms with van der Waals surface area (Å²) < 4.78 is 5.00. The highest BCUT2D eigenvalue weighted by atomic mass is 79.9. The first-order chi connectivity index (χ1) is 8.30. The minimum atomic E-state index is 0.122. The third-order valence-corrected chi connectivity index (χ3v) is 5.59. The highest BCUT2D eigenvalue weighted by Gasteiger charge is 2.19. The van der Waals surface area contributed by atoms with Crippen LogP contribution in [0.4, 0.5) is 0 Å². The fourth-order valence-electron chi connectivity index (χ4n) is 1.56. The zero-order valence-corrected chi connectivity index (χ0v) is 15.1. The quantitative estimate of drug-likeness (QED) is 0.518. The number of nitrogens with zero attached hydrogens (tertiary/aromatic N) is 1. The van der Waals surface area contributed by atoms with Crippen molar-refractivity contribution in [1.29, 1.82) is 0 Å². The molecule has 18 heavy (non-hydrogen) atoms. The number of rotatable bonds is 1. The Morgan fingerprint density at radius 3 is 2.17 bits per heavy atom. The minimum Gasteiger partial charge on any atom is -0.296 e. The van der Waals surface area contributed by atoms with E-state index in [1.165, 1.54) is 4.88 Å². The van der Waals surface area contributed by atoms with Gasteiger partial charge in [0.1, 0.15) is 0 Å². The predicted octanol–water partition coefficient (Wildman–Crippen LogP) is 6.09. The number of para-hydroxylation sites is 1. The number of halogens is 2. The van der Waals surface area contributed by atoms with E-state index >= 15 is 0 Å². The molecule has 1 nitrogen and oxygen atoms in total. The molecule has 2 rings (SSSR count). The summed E-state index contributed by atoms with van der Waals surface area (Å²) in [4.78, 5) is 1.29. The first kappa shape index (κ1) is 14.4. The summed E-state index contributed by atoms with van der Waals surface area (Å²) in [6, 6.07) is 6.05. The lowest BCUT2D eigenvalue weighted by atomic mass is 9.95. The largest absolute Gasteiger partial charge is 0.296 e. The summed E-state index contributed by atoms with van der Waals surface area (Å²) >= 11 is 14.3. The molecular weight excluding hydrogens is 394 g/mol. The summed E-state index contributed by atoms with van der Waals surface area (Å²) in [7, 11) is 0. The lowest BCUT2D eigenvalue weighted by Crippen LogP contribution is -2.08. The van der Waals surface area contributed by atoms with Gasteiger partial charge in [-0.2, -0.15) is 0 Å². The maximum Gasteiger partial charge on any atom is 0.165 e. The van der Waals surface area contributed by atoms with Crippen LogP contribution in [0.25, 0.3) is 5.69 Å². The fraction of sp³-hybridized carbons (Fsp3) is 0.308. The smallest absolute Gasteiger partial charge is 0.165 e.